The highest BCUT2D eigenvalue weighted by molar-refractivity contribution is 5.92. The van der Waals surface area contributed by atoms with E-state index in [4.69, 9.17) is 0 Å². The van der Waals surface area contributed by atoms with Crippen molar-refractivity contribution in [1.82, 2.24) is 9.55 Å². The van der Waals surface area contributed by atoms with Crippen LogP contribution < -0.4 is 10.6 Å². The van der Waals surface area contributed by atoms with Crippen LogP contribution >= 0.6 is 0 Å². The third kappa shape index (κ3) is 5.06. The Balaban J connectivity index is 1.96. The lowest BCUT2D eigenvalue weighted by Gasteiger charge is -2.29. The molecule has 0 atom stereocenters. The van der Waals surface area contributed by atoms with Crippen molar-refractivity contribution in [3.05, 3.63) is 63.8 Å². The maximum absolute atomic E-state index is 15.2. The first kappa shape index (κ1) is 27.4. The molecule has 202 valence electrons. The fraction of sp³-hybridized carbons (Fsp3) is 0.385. The monoisotopic (exact) mass is 543 g/mol. The van der Waals surface area contributed by atoms with Gasteiger partial charge in [-0.15, -0.1) is 0 Å². The van der Waals surface area contributed by atoms with Gasteiger partial charge in [0.25, 0.3) is 6.43 Å². The van der Waals surface area contributed by atoms with Gasteiger partial charge < -0.3 is 4.90 Å². The zero-order valence-electron chi connectivity index (χ0n) is 20.4. The maximum Gasteiger partial charge on any atom is 0.405 e. The maximum atomic E-state index is 15.2. The van der Waals surface area contributed by atoms with Crippen LogP contribution in [0.3, 0.4) is 0 Å². The molecule has 1 heterocycles. The molecule has 1 fully saturated rings. The molecule has 1 aromatic heterocycles. The molecule has 0 N–H and O–H groups in total. The molecular formula is C26H21F8N3O. The van der Waals surface area contributed by atoms with Gasteiger partial charge >= 0.3 is 11.9 Å². The van der Waals surface area contributed by atoms with Crippen LogP contribution in [-0.2, 0) is 5.54 Å². The van der Waals surface area contributed by atoms with Crippen molar-refractivity contribution in [2.75, 3.05) is 11.4 Å². The molecule has 38 heavy (non-hydrogen) atoms. The third-order valence-corrected chi connectivity index (χ3v) is 6.11. The predicted octanol–water partition coefficient (Wildman–Crippen LogP) is 6.67. The quantitative estimate of drug-likeness (QED) is 0.273. The largest absolute Gasteiger partial charge is 0.405 e. The van der Waals surface area contributed by atoms with Gasteiger partial charge in [0, 0.05) is 16.8 Å². The van der Waals surface area contributed by atoms with Crippen LogP contribution in [0.1, 0.15) is 39.2 Å². The minimum absolute atomic E-state index is 0.150. The van der Waals surface area contributed by atoms with Crippen molar-refractivity contribution in [2.45, 2.75) is 51.8 Å². The van der Waals surface area contributed by atoms with Crippen molar-refractivity contribution in [3.8, 4) is 11.8 Å². The van der Waals surface area contributed by atoms with Gasteiger partial charge in [-0.3, -0.25) is 4.57 Å². The molecular weight excluding hydrogens is 522 g/mol. The molecule has 3 aromatic rings. The molecule has 0 aliphatic heterocycles. The molecule has 0 saturated heterocycles. The predicted molar refractivity (Wildman–Crippen MR) is 125 cm³/mol. The summed E-state index contributed by atoms with van der Waals surface area (Å²) in [7, 11) is 0. The average molecular weight is 543 g/mol. The van der Waals surface area contributed by atoms with E-state index in [2.05, 4.69) is 16.8 Å². The zero-order chi connectivity index (χ0) is 28.2. The molecule has 1 saturated carbocycles. The van der Waals surface area contributed by atoms with Crippen LogP contribution in [0.25, 0.3) is 10.9 Å². The number of aromatic nitrogens is 2. The minimum Gasteiger partial charge on any atom is -0.320 e. The Bertz CT molecular complexity index is 1520. The fourth-order valence-corrected chi connectivity index (χ4v) is 4.13. The van der Waals surface area contributed by atoms with Crippen molar-refractivity contribution >= 4 is 22.4 Å². The fourth-order valence-electron chi connectivity index (χ4n) is 4.13. The van der Waals surface area contributed by atoms with Gasteiger partial charge in [-0.1, -0.05) is 11.8 Å². The van der Waals surface area contributed by atoms with Crippen LogP contribution in [0.2, 0.25) is 0 Å². The molecule has 2 aromatic carbocycles. The van der Waals surface area contributed by atoms with E-state index >= 15 is 4.39 Å². The van der Waals surface area contributed by atoms with Crippen LogP contribution in [0.15, 0.2) is 35.1 Å². The summed E-state index contributed by atoms with van der Waals surface area (Å²) in [6.45, 7) is 3.56. The second-order valence-corrected chi connectivity index (χ2v) is 10.0. The third-order valence-electron chi connectivity index (χ3n) is 6.11. The molecule has 1 aliphatic carbocycles. The highest BCUT2D eigenvalue weighted by Gasteiger charge is 2.62. The van der Waals surface area contributed by atoms with Crippen LogP contribution in [0, 0.1) is 34.7 Å². The van der Waals surface area contributed by atoms with Crippen molar-refractivity contribution < 1.29 is 35.1 Å². The minimum atomic E-state index is -4.60. The van der Waals surface area contributed by atoms with E-state index in [-0.39, 0.29) is 23.9 Å². The Labute approximate surface area is 211 Å². The van der Waals surface area contributed by atoms with Gasteiger partial charge in [0.15, 0.2) is 17.5 Å². The topological polar surface area (TPSA) is 38.1 Å². The Morgan fingerprint density at radius 2 is 1.74 bits per heavy atom. The Morgan fingerprint density at radius 3 is 2.29 bits per heavy atom. The number of hydrogen-bond acceptors (Lipinski definition) is 3. The number of nitrogens with zero attached hydrogens (tertiary/aromatic N) is 3. The van der Waals surface area contributed by atoms with E-state index in [1.54, 1.807) is 20.8 Å². The van der Waals surface area contributed by atoms with Gasteiger partial charge in [-0.2, -0.15) is 18.2 Å². The summed E-state index contributed by atoms with van der Waals surface area (Å²) in [5.41, 5.74) is -4.98. The van der Waals surface area contributed by atoms with Crippen molar-refractivity contribution in [1.29, 1.82) is 0 Å². The molecule has 0 radical (unpaired) electrons. The van der Waals surface area contributed by atoms with E-state index in [0.717, 1.165) is 34.9 Å². The smallest absolute Gasteiger partial charge is 0.320 e. The molecule has 12 heteroatoms. The lowest BCUT2D eigenvalue weighted by Crippen LogP contribution is -2.38. The summed E-state index contributed by atoms with van der Waals surface area (Å²) in [5, 5.41) is -0.605. The first-order valence-electron chi connectivity index (χ1n) is 11.4. The number of rotatable bonds is 4. The van der Waals surface area contributed by atoms with Gasteiger partial charge in [0.1, 0.15) is 11.2 Å². The zero-order valence-corrected chi connectivity index (χ0v) is 20.4. The first-order valence-corrected chi connectivity index (χ1v) is 11.4. The van der Waals surface area contributed by atoms with Gasteiger partial charge in [0.05, 0.1) is 17.4 Å². The molecule has 0 amide bonds. The van der Waals surface area contributed by atoms with E-state index in [0.29, 0.717) is 4.90 Å². The molecule has 0 spiro atoms. The lowest BCUT2D eigenvalue weighted by molar-refractivity contribution is -0.168. The average Bonchev–Trinajstić information content (AvgIpc) is 3.58. The molecule has 0 unspecified atom stereocenters. The summed E-state index contributed by atoms with van der Waals surface area (Å²) in [4.78, 5) is 17.4. The summed E-state index contributed by atoms with van der Waals surface area (Å²) in [6, 6.07) is 4.45. The van der Waals surface area contributed by atoms with Crippen LogP contribution in [0.5, 0.6) is 0 Å². The molecule has 4 nitrogen and oxygen atoms in total. The van der Waals surface area contributed by atoms with Gasteiger partial charge in [-0.05, 0) is 63.9 Å². The number of fused-ring (bicyclic) bond motifs is 1. The lowest BCUT2D eigenvalue weighted by atomic mass is 10.1. The Kier molecular flexibility index (Phi) is 6.70. The van der Waals surface area contributed by atoms with Crippen LogP contribution in [-0.4, -0.2) is 28.7 Å². The van der Waals surface area contributed by atoms with Gasteiger partial charge in [-0.25, -0.2) is 26.7 Å². The molecule has 1 aliphatic rings. The van der Waals surface area contributed by atoms with Crippen molar-refractivity contribution in [3.63, 3.8) is 0 Å². The SMILES string of the molecule is CC(C)(C)n1c(=O)nc(N(CC(F)F)c2cc(F)cc(C#CC3(C(F)(F)F)CC3)c2)c2c(F)c(F)ccc21. The number of anilines is 2. The van der Waals surface area contributed by atoms with Crippen molar-refractivity contribution in [2.24, 2.45) is 5.41 Å². The van der Waals surface area contributed by atoms with E-state index in [1.807, 2.05) is 0 Å². The van der Waals surface area contributed by atoms with E-state index < -0.39 is 70.1 Å². The summed E-state index contributed by atoms with van der Waals surface area (Å²) in [5.74, 6) is -0.222. The van der Waals surface area contributed by atoms with Gasteiger partial charge in [0.2, 0.25) is 0 Å². The first-order chi connectivity index (χ1) is 17.5. The highest BCUT2D eigenvalue weighted by atomic mass is 19.4. The van der Waals surface area contributed by atoms with Crippen LogP contribution in [0.4, 0.5) is 46.6 Å². The number of halogens is 8. The summed E-state index contributed by atoms with van der Waals surface area (Å²) >= 11 is 0. The Hall–Kier alpha value is -3.62. The summed E-state index contributed by atoms with van der Waals surface area (Å²) in [6.07, 6.45) is -8.17. The number of benzene rings is 2. The molecule has 4 rings (SSSR count). The number of alkyl halides is 5. The second kappa shape index (κ2) is 9.29. The molecule has 0 bridgehead atoms. The van der Waals surface area contributed by atoms with E-state index in [9.17, 15) is 35.5 Å². The normalized spacial score (nSPS) is 14.9. The standard InChI is InChI=1S/C26H21F8N3O/c1-24(2,3)37-18-5-4-17(28)21(31)20(18)22(35-23(37)38)36(13-19(29)30)16-11-14(10-15(27)12-16)6-7-25(8-9-25)26(32,33)34/h4-5,10-12,19H,8-9,13H2,1-3H3. The van der Waals surface area contributed by atoms with E-state index in [1.165, 1.54) is 0 Å². The Morgan fingerprint density at radius 1 is 1.08 bits per heavy atom. The highest BCUT2D eigenvalue weighted by Crippen LogP contribution is 2.57. The number of hydrogen-bond donors (Lipinski definition) is 0. The summed E-state index contributed by atoms with van der Waals surface area (Å²) < 4.78 is 112. The second-order valence-electron chi connectivity index (χ2n) is 10.0.